The number of hydrogen-bond donors (Lipinski definition) is 0. The molecule has 0 spiro atoms. The molecule has 1 atom stereocenters. The average molecular weight is 398 g/mol. The monoisotopic (exact) mass is 397 g/mol. The Morgan fingerprint density at radius 3 is 2.89 bits per heavy atom. The Labute approximate surface area is 168 Å². The highest BCUT2D eigenvalue weighted by Gasteiger charge is 2.28. The maximum atomic E-state index is 12.7. The number of benzene rings is 1. The van der Waals surface area contributed by atoms with Gasteiger partial charge in [-0.15, -0.1) is 10.2 Å². The molecule has 1 fully saturated rings. The first-order chi connectivity index (χ1) is 13.7. The SMILES string of the molecule is COc1ccc(CCC(=O)N2CCCC(c3nnc(-c4ccsc4)o3)C2)cc1. The highest BCUT2D eigenvalue weighted by atomic mass is 32.1. The van der Waals surface area contributed by atoms with Crippen LogP contribution in [-0.4, -0.2) is 41.2 Å². The van der Waals surface area contributed by atoms with Crippen molar-refractivity contribution >= 4 is 17.2 Å². The van der Waals surface area contributed by atoms with E-state index < -0.39 is 0 Å². The Balaban J connectivity index is 1.34. The van der Waals surface area contributed by atoms with E-state index in [1.165, 1.54) is 0 Å². The van der Waals surface area contributed by atoms with Gasteiger partial charge >= 0.3 is 0 Å². The Morgan fingerprint density at radius 1 is 1.29 bits per heavy atom. The molecule has 7 heteroatoms. The second-order valence-electron chi connectivity index (χ2n) is 6.98. The number of rotatable bonds is 6. The van der Waals surface area contributed by atoms with Crippen molar-refractivity contribution in [1.82, 2.24) is 15.1 Å². The zero-order valence-corrected chi connectivity index (χ0v) is 16.7. The van der Waals surface area contributed by atoms with Crippen molar-refractivity contribution in [3.63, 3.8) is 0 Å². The zero-order chi connectivity index (χ0) is 19.3. The largest absolute Gasteiger partial charge is 0.497 e. The minimum atomic E-state index is 0.110. The summed E-state index contributed by atoms with van der Waals surface area (Å²) in [5, 5.41) is 12.4. The lowest BCUT2D eigenvalue weighted by Crippen LogP contribution is -2.39. The van der Waals surface area contributed by atoms with Crippen LogP contribution in [0.4, 0.5) is 0 Å². The Bertz CT molecular complexity index is 905. The standard InChI is InChI=1S/C21H23N3O3S/c1-26-18-7-4-15(5-8-18)6-9-19(25)24-11-2-3-16(13-24)20-22-23-21(27-20)17-10-12-28-14-17/h4-5,7-8,10,12,14,16H,2-3,6,9,11,13H2,1H3. The number of methoxy groups -OCH3 is 1. The van der Waals surface area contributed by atoms with Crippen LogP contribution in [0.5, 0.6) is 5.75 Å². The van der Waals surface area contributed by atoms with Crippen molar-refractivity contribution in [3.8, 4) is 17.2 Å². The topological polar surface area (TPSA) is 68.5 Å². The fourth-order valence-corrected chi connectivity index (χ4v) is 4.14. The molecule has 6 nitrogen and oxygen atoms in total. The van der Waals surface area contributed by atoms with Crippen LogP contribution in [0.15, 0.2) is 45.5 Å². The Hall–Kier alpha value is -2.67. The normalized spacial score (nSPS) is 16.9. The number of aromatic nitrogens is 2. The van der Waals surface area contributed by atoms with Crippen LogP contribution in [0.25, 0.3) is 11.5 Å². The molecule has 1 unspecified atom stereocenters. The predicted octanol–water partition coefficient (Wildman–Crippen LogP) is 4.15. The molecule has 3 heterocycles. The van der Waals surface area contributed by atoms with Crippen molar-refractivity contribution in [2.75, 3.05) is 20.2 Å². The Morgan fingerprint density at radius 2 is 2.14 bits per heavy atom. The second-order valence-corrected chi connectivity index (χ2v) is 7.76. The molecule has 0 N–H and O–H groups in total. The van der Waals surface area contributed by atoms with Gasteiger partial charge in [0.25, 0.3) is 0 Å². The number of carbonyl (C=O) groups excluding carboxylic acids is 1. The molecule has 1 aliphatic heterocycles. The summed E-state index contributed by atoms with van der Waals surface area (Å²) in [7, 11) is 1.65. The number of thiophene rings is 1. The molecule has 4 rings (SSSR count). The Kier molecular flexibility index (Phi) is 5.71. The molecule has 0 bridgehead atoms. The fourth-order valence-electron chi connectivity index (χ4n) is 3.51. The van der Waals surface area contributed by atoms with E-state index >= 15 is 0 Å². The summed E-state index contributed by atoms with van der Waals surface area (Å²) in [6, 6.07) is 9.84. The third kappa shape index (κ3) is 4.25. The van der Waals surface area contributed by atoms with Crippen LogP contribution < -0.4 is 4.74 Å². The van der Waals surface area contributed by atoms with Gasteiger partial charge in [-0.05, 0) is 48.4 Å². The maximum absolute atomic E-state index is 12.7. The molecule has 1 saturated heterocycles. The van der Waals surface area contributed by atoms with Gasteiger partial charge in [-0.2, -0.15) is 11.3 Å². The summed E-state index contributed by atoms with van der Waals surface area (Å²) in [5.74, 6) is 2.31. The number of hydrogen-bond acceptors (Lipinski definition) is 6. The summed E-state index contributed by atoms with van der Waals surface area (Å²) in [6.07, 6.45) is 3.15. The molecule has 1 aliphatic rings. The summed E-state index contributed by atoms with van der Waals surface area (Å²) < 4.78 is 11.1. The summed E-state index contributed by atoms with van der Waals surface area (Å²) in [4.78, 5) is 14.6. The lowest BCUT2D eigenvalue weighted by molar-refractivity contribution is -0.132. The summed E-state index contributed by atoms with van der Waals surface area (Å²) in [6.45, 7) is 1.44. The first-order valence-electron chi connectivity index (χ1n) is 9.49. The van der Waals surface area contributed by atoms with Crippen LogP contribution in [0.1, 0.15) is 36.6 Å². The van der Waals surface area contributed by atoms with Gasteiger partial charge in [-0.3, -0.25) is 4.79 Å². The van der Waals surface area contributed by atoms with E-state index in [0.717, 1.165) is 42.7 Å². The van der Waals surface area contributed by atoms with Gasteiger partial charge in [0.05, 0.1) is 13.0 Å². The van der Waals surface area contributed by atoms with E-state index in [1.54, 1.807) is 18.4 Å². The van der Waals surface area contributed by atoms with Gasteiger partial charge in [0.15, 0.2) is 0 Å². The first-order valence-corrected chi connectivity index (χ1v) is 10.4. The number of piperidine rings is 1. The zero-order valence-electron chi connectivity index (χ0n) is 15.8. The number of ether oxygens (including phenoxy) is 1. The molecular weight excluding hydrogens is 374 g/mol. The quantitative estimate of drug-likeness (QED) is 0.625. The number of amides is 1. The minimum Gasteiger partial charge on any atom is -0.497 e. The van der Waals surface area contributed by atoms with Crippen LogP contribution in [0, 0.1) is 0 Å². The van der Waals surface area contributed by atoms with Crippen molar-refractivity contribution in [2.24, 2.45) is 0 Å². The van der Waals surface area contributed by atoms with Gasteiger partial charge < -0.3 is 14.1 Å². The summed E-state index contributed by atoms with van der Waals surface area (Å²) >= 11 is 1.60. The van der Waals surface area contributed by atoms with Gasteiger partial charge in [-0.1, -0.05) is 12.1 Å². The van der Waals surface area contributed by atoms with Crippen LogP contribution in [-0.2, 0) is 11.2 Å². The summed E-state index contributed by atoms with van der Waals surface area (Å²) in [5.41, 5.74) is 2.09. The maximum Gasteiger partial charge on any atom is 0.248 e. The molecule has 0 aliphatic carbocycles. The van der Waals surface area contributed by atoms with E-state index in [-0.39, 0.29) is 11.8 Å². The second kappa shape index (κ2) is 8.56. The number of likely N-dealkylation sites (tertiary alicyclic amines) is 1. The molecule has 146 valence electrons. The predicted molar refractivity (Wildman–Crippen MR) is 107 cm³/mol. The third-order valence-electron chi connectivity index (χ3n) is 5.12. The van der Waals surface area contributed by atoms with Gasteiger partial charge in [0.1, 0.15) is 5.75 Å². The fraction of sp³-hybridized carbons (Fsp3) is 0.381. The van der Waals surface area contributed by atoms with E-state index in [4.69, 9.17) is 9.15 Å². The minimum absolute atomic E-state index is 0.110. The van der Waals surface area contributed by atoms with E-state index in [1.807, 2.05) is 46.0 Å². The molecule has 28 heavy (non-hydrogen) atoms. The van der Waals surface area contributed by atoms with E-state index in [0.29, 0.717) is 24.7 Å². The molecule has 3 aromatic rings. The lowest BCUT2D eigenvalue weighted by Gasteiger charge is -2.31. The molecule has 1 amide bonds. The van der Waals surface area contributed by atoms with Crippen molar-refractivity contribution in [2.45, 2.75) is 31.6 Å². The van der Waals surface area contributed by atoms with E-state index in [2.05, 4.69) is 10.2 Å². The number of aryl methyl sites for hydroxylation is 1. The molecular formula is C21H23N3O3S. The highest BCUT2D eigenvalue weighted by molar-refractivity contribution is 7.08. The number of nitrogens with zero attached hydrogens (tertiary/aromatic N) is 3. The number of carbonyl (C=O) groups is 1. The lowest BCUT2D eigenvalue weighted by atomic mass is 9.97. The van der Waals surface area contributed by atoms with Crippen molar-refractivity contribution in [1.29, 1.82) is 0 Å². The van der Waals surface area contributed by atoms with Gasteiger partial charge in [0.2, 0.25) is 17.7 Å². The van der Waals surface area contributed by atoms with Gasteiger partial charge in [0, 0.05) is 30.5 Å². The van der Waals surface area contributed by atoms with E-state index in [9.17, 15) is 4.79 Å². The smallest absolute Gasteiger partial charge is 0.248 e. The van der Waals surface area contributed by atoms with Crippen LogP contribution in [0.2, 0.25) is 0 Å². The highest BCUT2D eigenvalue weighted by Crippen LogP contribution is 2.29. The van der Waals surface area contributed by atoms with Gasteiger partial charge in [-0.25, -0.2) is 0 Å². The molecule has 0 radical (unpaired) electrons. The van der Waals surface area contributed by atoms with Crippen molar-refractivity contribution < 1.29 is 13.9 Å². The average Bonchev–Trinajstić information content (AvgIpc) is 3.44. The first kappa shape index (κ1) is 18.7. The molecule has 0 saturated carbocycles. The van der Waals surface area contributed by atoms with Crippen molar-refractivity contribution in [3.05, 3.63) is 52.5 Å². The third-order valence-corrected chi connectivity index (χ3v) is 5.80. The molecule has 2 aromatic heterocycles. The van der Waals surface area contributed by atoms with Crippen LogP contribution >= 0.6 is 11.3 Å². The molecule has 1 aromatic carbocycles. The van der Waals surface area contributed by atoms with Crippen LogP contribution in [0.3, 0.4) is 0 Å².